The lowest BCUT2D eigenvalue weighted by atomic mass is 10.00. The minimum Gasteiger partial charge on any atom is -0.383 e. The molecule has 0 aliphatic carbocycles. The van der Waals surface area contributed by atoms with Gasteiger partial charge in [0.05, 0.1) is 10.2 Å². The Bertz CT molecular complexity index is 1540. The largest absolute Gasteiger partial charge is 0.383 e. The van der Waals surface area contributed by atoms with Gasteiger partial charge in [-0.3, -0.25) is 4.79 Å². The zero-order valence-electron chi connectivity index (χ0n) is 18.7. The van der Waals surface area contributed by atoms with Crippen molar-refractivity contribution in [2.45, 2.75) is 6.54 Å². The van der Waals surface area contributed by atoms with E-state index in [1.165, 1.54) is 11.3 Å². The molecule has 1 amide bonds. The highest BCUT2D eigenvalue weighted by atomic mass is 32.1. The van der Waals surface area contributed by atoms with Crippen molar-refractivity contribution in [3.05, 3.63) is 108 Å². The van der Waals surface area contributed by atoms with Crippen LogP contribution in [0.4, 0.5) is 16.5 Å². The number of benzene rings is 3. The van der Waals surface area contributed by atoms with Crippen LogP contribution < -0.4 is 16.4 Å². The molecule has 2 heterocycles. The second kappa shape index (κ2) is 9.67. The summed E-state index contributed by atoms with van der Waals surface area (Å²) in [5.74, 6) is -0.172. The van der Waals surface area contributed by atoms with E-state index in [0.717, 1.165) is 21.5 Å². The molecule has 4 N–H and O–H groups in total. The molecule has 3 aromatic carbocycles. The van der Waals surface area contributed by atoms with Crippen molar-refractivity contribution in [1.82, 2.24) is 10.3 Å². The summed E-state index contributed by atoms with van der Waals surface area (Å²) in [5.41, 5.74) is 10.8. The monoisotopic (exact) mass is 475 g/mol. The van der Waals surface area contributed by atoms with Crippen LogP contribution in [0.1, 0.15) is 21.5 Å². The lowest BCUT2D eigenvalue weighted by Crippen LogP contribution is -2.23. The Morgan fingerprint density at radius 1 is 0.943 bits per heavy atom. The van der Waals surface area contributed by atoms with E-state index in [-0.39, 0.29) is 11.7 Å². The predicted molar refractivity (Wildman–Crippen MR) is 142 cm³/mol. The number of carbonyl (C=O) groups excluding carboxylic acids is 1. The predicted octanol–water partition coefficient (Wildman–Crippen LogP) is 6.09. The molecule has 0 saturated carbocycles. The number of rotatable bonds is 6. The van der Waals surface area contributed by atoms with Gasteiger partial charge in [0.15, 0.2) is 0 Å². The third-order valence-corrected chi connectivity index (χ3v) is 6.69. The number of hydrogen-bond donors (Lipinski definition) is 3. The number of anilines is 3. The Balaban J connectivity index is 1.69. The summed E-state index contributed by atoms with van der Waals surface area (Å²) >= 11 is 1.39. The normalized spacial score (nSPS) is 10.6. The van der Waals surface area contributed by atoms with Gasteiger partial charge in [-0.15, -0.1) is 11.3 Å². The lowest BCUT2D eigenvalue weighted by molar-refractivity contribution is 0.0953. The third-order valence-electron chi connectivity index (χ3n) is 5.58. The Morgan fingerprint density at radius 3 is 2.23 bits per heavy atom. The van der Waals surface area contributed by atoms with Crippen LogP contribution in [0.3, 0.4) is 0 Å². The van der Waals surface area contributed by atoms with Gasteiger partial charge in [0.25, 0.3) is 5.91 Å². The molecule has 170 valence electrons. The van der Waals surface area contributed by atoms with Gasteiger partial charge < -0.3 is 16.4 Å². The molecule has 35 heavy (non-hydrogen) atoms. The van der Waals surface area contributed by atoms with E-state index in [1.807, 2.05) is 91.0 Å². The van der Waals surface area contributed by atoms with Gasteiger partial charge in [0, 0.05) is 17.8 Å². The third kappa shape index (κ3) is 4.43. The minimum absolute atomic E-state index is 0.0972. The second-order valence-electron chi connectivity index (χ2n) is 7.87. The molecular weight excluding hydrogens is 454 g/mol. The number of pyridine rings is 1. The number of nitrogen functional groups attached to an aromatic ring is 1. The van der Waals surface area contributed by atoms with Crippen molar-refractivity contribution >= 4 is 44.0 Å². The van der Waals surface area contributed by atoms with Crippen molar-refractivity contribution in [2.24, 2.45) is 0 Å². The van der Waals surface area contributed by atoms with E-state index in [2.05, 4.69) is 21.7 Å². The highest BCUT2D eigenvalue weighted by molar-refractivity contribution is 7.24. The summed E-state index contributed by atoms with van der Waals surface area (Å²) in [4.78, 5) is 18.1. The number of nitriles is 1. The molecule has 0 radical (unpaired) electrons. The fourth-order valence-corrected chi connectivity index (χ4v) is 5.16. The number of nitrogens with one attached hydrogen (secondary N) is 2. The maximum Gasteiger partial charge on any atom is 0.256 e. The van der Waals surface area contributed by atoms with Crippen LogP contribution in [0.25, 0.3) is 21.3 Å². The van der Waals surface area contributed by atoms with Gasteiger partial charge in [0.2, 0.25) is 0 Å². The molecule has 6 nitrogen and oxygen atoms in total. The maximum absolute atomic E-state index is 13.5. The van der Waals surface area contributed by atoms with Crippen LogP contribution in [0, 0.1) is 11.3 Å². The first-order valence-corrected chi connectivity index (χ1v) is 11.8. The van der Waals surface area contributed by atoms with E-state index < -0.39 is 0 Å². The zero-order chi connectivity index (χ0) is 24.2. The highest BCUT2D eigenvalue weighted by Gasteiger charge is 2.26. The first-order chi connectivity index (χ1) is 17.2. The molecular formula is C28H21N5OS. The molecule has 0 unspecified atom stereocenters. The number of hydrogen-bond acceptors (Lipinski definition) is 6. The molecule has 0 spiro atoms. The summed E-state index contributed by atoms with van der Waals surface area (Å²) in [6.45, 7) is 0.374. The van der Waals surface area contributed by atoms with E-state index in [0.29, 0.717) is 33.8 Å². The van der Waals surface area contributed by atoms with Crippen LogP contribution in [-0.4, -0.2) is 10.9 Å². The number of para-hydroxylation sites is 1. The zero-order valence-corrected chi connectivity index (χ0v) is 19.5. The van der Waals surface area contributed by atoms with E-state index in [9.17, 15) is 10.1 Å². The van der Waals surface area contributed by atoms with Gasteiger partial charge in [-0.2, -0.15) is 5.26 Å². The molecule has 2 aromatic heterocycles. The summed E-state index contributed by atoms with van der Waals surface area (Å²) in [6.07, 6.45) is 0. The number of nitrogens with two attached hydrogens (primary N) is 1. The van der Waals surface area contributed by atoms with Crippen LogP contribution in [0.15, 0.2) is 91.0 Å². The van der Waals surface area contributed by atoms with Crippen molar-refractivity contribution < 1.29 is 4.79 Å². The van der Waals surface area contributed by atoms with Crippen molar-refractivity contribution in [3.8, 4) is 17.2 Å². The van der Waals surface area contributed by atoms with Crippen LogP contribution in [0.2, 0.25) is 0 Å². The van der Waals surface area contributed by atoms with Gasteiger partial charge in [-0.25, -0.2) is 4.98 Å². The first-order valence-electron chi connectivity index (χ1n) is 11.0. The summed E-state index contributed by atoms with van der Waals surface area (Å²) < 4.78 is 0.727. The fraction of sp³-hybridized carbons (Fsp3) is 0.0357. The van der Waals surface area contributed by atoms with Gasteiger partial charge in [-0.05, 0) is 23.3 Å². The Morgan fingerprint density at radius 2 is 1.57 bits per heavy atom. The standard InChI is InChI=1S/C28H21N5OS/c29-16-21-22(19-12-6-2-7-13-19)25-24(33-26(21)30)23(27(34)31-17-18-10-4-1-5-11-18)28(35-25)32-20-14-8-3-9-15-20/h1-15,32H,17H2,(H2,30,33)(H,31,34). The molecule has 7 heteroatoms. The molecule has 0 fully saturated rings. The Labute approximate surface area is 206 Å². The summed E-state index contributed by atoms with van der Waals surface area (Å²) in [6, 6.07) is 31.1. The average Bonchev–Trinajstić information content (AvgIpc) is 3.25. The quantitative estimate of drug-likeness (QED) is 0.276. The summed E-state index contributed by atoms with van der Waals surface area (Å²) in [7, 11) is 0. The number of aromatic nitrogens is 1. The van der Waals surface area contributed by atoms with Gasteiger partial charge >= 0.3 is 0 Å². The van der Waals surface area contributed by atoms with E-state index >= 15 is 0 Å². The molecule has 0 aliphatic rings. The number of carbonyl (C=O) groups is 1. The molecule has 5 aromatic rings. The Kier molecular flexibility index (Phi) is 6.12. The first kappa shape index (κ1) is 22.1. The van der Waals surface area contributed by atoms with E-state index in [1.54, 1.807) is 0 Å². The number of nitrogens with zero attached hydrogens (tertiary/aromatic N) is 2. The SMILES string of the molecule is N#Cc1c(N)nc2c(C(=O)NCc3ccccc3)c(Nc3ccccc3)sc2c1-c1ccccc1. The molecule has 0 aliphatic heterocycles. The number of thiophene rings is 1. The fourth-order valence-electron chi connectivity index (χ4n) is 3.93. The van der Waals surface area contributed by atoms with Crippen molar-refractivity contribution in [3.63, 3.8) is 0 Å². The van der Waals surface area contributed by atoms with Crippen molar-refractivity contribution in [1.29, 1.82) is 5.26 Å². The average molecular weight is 476 g/mol. The number of fused-ring (bicyclic) bond motifs is 1. The van der Waals surface area contributed by atoms with Crippen LogP contribution in [0.5, 0.6) is 0 Å². The smallest absolute Gasteiger partial charge is 0.256 e. The Hall–Kier alpha value is -4.67. The number of amides is 1. The second-order valence-corrected chi connectivity index (χ2v) is 8.89. The van der Waals surface area contributed by atoms with Gasteiger partial charge in [-0.1, -0.05) is 78.9 Å². The topological polar surface area (TPSA) is 104 Å². The van der Waals surface area contributed by atoms with Crippen LogP contribution in [-0.2, 0) is 6.54 Å². The molecule has 0 atom stereocenters. The van der Waals surface area contributed by atoms with E-state index in [4.69, 9.17) is 5.73 Å². The van der Waals surface area contributed by atoms with Crippen LogP contribution >= 0.6 is 11.3 Å². The highest BCUT2D eigenvalue weighted by Crippen LogP contribution is 2.44. The molecule has 0 bridgehead atoms. The molecule has 0 saturated heterocycles. The maximum atomic E-state index is 13.5. The van der Waals surface area contributed by atoms with Gasteiger partial charge in [0.1, 0.15) is 28.0 Å². The van der Waals surface area contributed by atoms with Crippen molar-refractivity contribution in [2.75, 3.05) is 11.1 Å². The molecule has 5 rings (SSSR count). The summed E-state index contributed by atoms with van der Waals surface area (Å²) in [5, 5.41) is 16.9. The minimum atomic E-state index is -0.269. The lowest BCUT2D eigenvalue weighted by Gasteiger charge is -2.10.